The Morgan fingerprint density at radius 3 is 2.15 bits per heavy atom. The summed E-state index contributed by atoms with van der Waals surface area (Å²) in [4.78, 5) is 13.4. The van der Waals surface area contributed by atoms with Crippen molar-refractivity contribution in [2.75, 3.05) is 20.2 Å². The van der Waals surface area contributed by atoms with Gasteiger partial charge in [-0.15, -0.1) is 0 Å². The Morgan fingerprint density at radius 1 is 1.10 bits per heavy atom. The van der Waals surface area contributed by atoms with Crippen molar-refractivity contribution in [3.8, 4) is 0 Å². The summed E-state index contributed by atoms with van der Waals surface area (Å²) in [6, 6.07) is 0. The molecule has 0 amide bonds. The molecule has 0 radical (unpaired) electrons. The molecule has 0 saturated heterocycles. The molecule has 114 valence electrons. The molecule has 0 N–H and O–H groups in total. The van der Waals surface area contributed by atoms with Crippen LogP contribution in [-0.4, -0.2) is 36.6 Å². The number of hydrogen-bond acceptors (Lipinski definition) is 3. The molecule has 4 saturated carbocycles. The summed E-state index contributed by atoms with van der Waals surface area (Å²) in [5, 5.41) is 0. The van der Waals surface area contributed by atoms with Crippen LogP contribution in [0.25, 0.3) is 0 Å². The Bertz CT molecular complexity index is 331. The molecule has 4 aliphatic carbocycles. The van der Waals surface area contributed by atoms with Gasteiger partial charge in [0.1, 0.15) is 0 Å². The highest BCUT2D eigenvalue weighted by Crippen LogP contribution is 2.57. The Kier molecular flexibility index (Phi) is 4.07. The molecule has 0 unspecified atom stereocenters. The van der Waals surface area contributed by atoms with Crippen molar-refractivity contribution in [2.24, 2.45) is 17.8 Å². The molecular weight excluding hydrogens is 250 g/mol. The largest absolute Gasteiger partial charge is 0.466 e. The number of nitrogens with zero attached hydrogens (tertiary/aromatic N) is 1. The molecular formula is C17H29NO2. The van der Waals surface area contributed by atoms with Gasteiger partial charge < -0.3 is 9.64 Å². The summed E-state index contributed by atoms with van der Waals surface area (Å²) in [6.07, 6.45) is 11.0. The van der Waals surface area contributed by atoms with Crippen LogP contribution in [0.1, 0.15) is 58.3 Å². The Morgan fingerprint density at radius 2 is 1.65 bits per heavy atom. The molecule has 0 aromatic carbocycles. The summed E-state index contributed by atoms with van der Waals surface area (Å²) in [7, 11) is 2.33. The van der Waals surface area contributed by atoms with E-state index in [0.717, 1.165) is 37.1 Å². The van der Waals surface area contributed by atoms with E-state index < -0.39 is 0 Å². The van der Waals surface area contributed by atoms with Crippen molar-refractivity contribution in [1.82, 2.24) is 4.90 Å². The van der Waals surface area contributed by atoms with E-state index in [-0.39, 0.29) is 5.97 Å². The zero-order chi connectivity index (χ0) is 14.2. The van der Waals surface area contributed by atoms with Gasteiger partial charge in [-0.05, 0) is 82.7 Å². The second kappa shape index (κ2) is 5.67. The zero-order valence-corrected chi connectivity index (χ0v) is 13.1. The highest BCUT2D eigenvalue weighted by atomic mass is 16.5. The molecule has 0 atom stereocenters. The lowest BCUT2D eigenvalue weighted by Gasteiger charge is -2.60. The molecule has 0 heterocycles. The van der Waals surface area contributed by atoms with E-state index in [2.05, 4.69) is 11.9 Å². The Labute approximate surface area is 123 Å². The van der Waals surface area contributed by atoms with Crippen LogP contribution in [0.4, 0.5) is 0 Å². The van der Waals surface area contributed by atoms with Gasteiger partial charge >= 0.3 is 5.97 Å². The average molecular weight is 279 g/mol. The summed E-state index contributed by atoms with van der Waals surface area (Å²) >= 11 is 0. The fourth-order valence-corrected chi connectivity index (χ4v) is 5.44. The maximum Gasteiger partial charge on any atom is 0.302 e. The van der Waals surface area contributed by atoms with E-state index in [0.29, 0.717) is 12.1 Å². The van der Waals surface area contributed by atoms with Gasteiger partial charge in [-0.1, -0.05) is 0 Å². The van der Waals surface area contributed by atoms with Gasteiger partial charge in [0, 0.05) is 12.5 Å². The number of ether oxygens (including phenoxy) is 1. The highest BCUT2D eigenvalue weighted by molar-refractivity contribution is 5.65. The van der Waals surface area contributed by atoms with Crippen LogP contribution in [-0.2, 0) is 9.53 Å². The molecule has 3 nitrogen and oxygen atoms in total. The van der Waals surface area contributed by atoms with Crippen molar-refractivity contribution in [2.45, 2.75) is 63.8 Å². The summed E-state index contributed by atoms with van der Waals surface area (Å²) in [5.41, 5.74) is 0.524. The van der Waals surface area contributed by atoms with Gasteiger partial charge in [-0.25, -0.2) is 0 Å². The molecule has 0 aromatic heterocycles. The smallest absolute Gasteiger partial charge is 0.302 e. The molecule has 3 heteroatoms. The summed E-state index contributed by atoms with van der Waals surface area (Å²) in [6.45, 7) is 3.24. The lowest BCUT2D eigenvalue weighted by Crippen LogP contribution is -2.58. The second-order valence-electron chi connectivity index (χ2n) is 7.61. The molecule has 4 bridgehead atoms. The van der Waals surface area contributed by atoms with E-state index in [9.17, 15) is 4.79 Å². The minimum absolute atomic E-state index is 0.153. The van der Waals surface area contributed by atoms with Crippen LogP contribution >= 0.6 is 0 Å². The first-order chi connectivity index (χ1) is 9.57. The van der Waals surface area contributed by atoms with Crippen molar-refractivity contribution < 1.29 is 9.53 Å². The number of unbranched alkanes of at least 4 members (excludes halogenated alkanes) is 1. The van der Waals surface area contributed by atoms with E-state index in [1.165, 1.54) is 45.4 Å². The number of esters is 1. The fourth-order valence-electron chi connectivity index (χ4n) is 5.44. The third-order valence-corrected chi connectivity index (χ3v) is 6.01. The summed E-state index contributed by atoms with van der Waals surface area (Å²) < 4.78 is 5.02. The van der Waals surface area contributed by atoms with Gasteiger partial charge in [0.05, 0.1) is 6.61 Å². The zero-order valence-electron chi connectivity index (χ0n) is 13.1. The van der Waals surface area contributed by atoms with Crippen LogP contribution < -0.4 is 0 Å². The van der Waals surface area contributed by atoms with E-state index >= 15 is 0 Å². The number of rotatable bonds is 6. The maximum atomic E-state index is 10.7. The van der Waals surface area contributed by atoms with Gasteiger partial charge in [-0.2, -0.15) is 0 Å². The predicted octanol–water partition coefficient (Wildman–Crippen LogP) is 3.23. The standard InChI is InChI=1S/C17H29NO2/c1-13(19)20-6-4-3-5-18(2)17-10-14-7-15(11-17)9-16(8-14)12-17/h14-16H,3-12H2,1-2H3. The van der Waals surface area contributed by atoms with Gasteiger partial charge in [0.15, 0.2) is 0 Å². The van der Waals surface area contributed by atoms with Crippen LogP contribution in [0, 0.1) is 17.8 Å². The number of carbonyl (C=O) groups excluding carboxylic acids is 1. The van der Waals surface area contributed by atoms with Crippen molar-refractivity contribution in [3.63, 3.8) is 0 Å². The van der Waals surface area contributed by atoms with Crippen LogP contribution in [0.3, 0.4) is 0 Å². The van der Waals surface area contributed by atoms with Gasteiger partial charge in [0.25, 0.3) is 0 Å². The number of carbonyl (C=O) groups is 1. The predicted molar refractivity (Wildman–Crippen MR) is 79.4 cm³/mol. The molecule has 4 aliphatic rings. The molecule has 4 rings (SSSR count). The third-order valence-electron chi connectivity index (χ3n) is 6.01. The van der Waals surface area contributed by atoms with E-state index in [4.69, 9.17) is 4.74 Å². The normalized spacial score (nSPS) is 38.5. The third kappa shape index (κ3) is 2.88. The SMILES string of the molecule is CC(=O)OCCCCN(C)C12CC3CC(CC(C3)C1)C2. The molecule has 0 aliphatic heterocycles. The van der Waals surface area contributed by atoms with Crippen molar-refractivity contribution in [3.05, 3.63) is 0 Å². The molecule has 0 aromatic rings. The Hall–Kier alpha value is -0.570. The minimum atomic E-state index is -0.153. The topological polar surface area (TPSA) is 29.5 Å². The maximum absolute atomic E-state index is 10.7. The van der Waals surface area contributed by atoms with Crippen molar-refractivity contribution in [1.29, 1.82) is 0 Å². The van der Waals surface area contributed by atoms with Gasteiger partial charge in [0.2, 0.25) is 0 Å². The lowest BCUT2D eigenvalue weighted by atomic mass is 9.52. The monoisotopic (exact) mass is 279 g/mol. The van der Waals surface area contributed by atoms with E-state index in [1.807, 2.05) is 0 Å². The first-order valence-corrected chi connectivity index (χ1v) is 8.42. The van der Waals surface area contributed by atoms with Gasteiger partial charge in [-0.3, -0.25) is 4.79 Å². The number of hydrogen-bond donors (Lipinski definition) is 0. The minimum Gasteiger partial charge on any atom is -0.466 e. The van der Waals surface area contributed by atoms with E-state index in [1.54, 1.807) is 0 Å². The summed E-state index contributed by atoms with van der Waals surface area (Å²) in [5.74, 6) is 2.90. The van der Waals surface area contributed by atoms with Crippen LogP contribution in [0.15, 0.2) is 0 Å². The fraction of sp³-hybridized carbons (Fsp3) is 0.941. The van der Waals surface area contributed by atoms with Crippen LogP contribution in [0.5, 0.6) is 0 Å². The van der Waals surface area contributed by atoms with Crippen molar-refractivity contribution >= 4 is 5.97 Å². The quantitative estimate of drug-likeness (QED) is 0.552. The second-order valence-corrected chi connectivity index (χ2v) is 7.61. The Balaban J connectivity index is 1.47. The lowest BCUT2D eigenvalue weighted by molar-refractivity contribution is -0.141. The highest BCUT2D eigenvalue weighted by Gasteiger charge is 2.52. The van der Waals surface area contributed by atoms with Crippen LogP contribution in [0.2, 0.25) is 0 Å². The first-order valence-electron chi connectivity index (χ1n) is 8.42. The average Bonchev–Trinajstić information content (AvgIpc) is 2.36. The molecule has 4 fully saturated rings. The first kappa shape index (κ1) is 14.4. The molecule has 20 heavy (non-hydrogen) atoms. The molecule has 0 spiro atoms.